The van der Waals surface area contributed by atoms with Gasteiger partial charge in [-0.2, -0.15) is 0 Å². The molecule has 1 N–H and O–H groups in total. The quantitative estimate of drug-likeness (QED) is 0.821. The summed E-state index contributed by atoms with van der Waals surface area (Å²) in [5.74, 6) is 0. The van der Waals surface area contributed by atoms with E-state index in [1.165, 1.54) is 0 Å². The molecule has 0 amide bonds. The minimum atomic E-state index is -0.177. The molecule has 0 radical (unpaired) electrons. The topological polar surface area (TPSA) is 34.2 Å². The van der Waals surface area contributed by atoms with Crippen LogP contribution in [0.25, 0.3) is 0 Å². The molecule has 17 heavy (non-hydrogen) atoms. The SMILES string of the molecule is CC1(C)CC(Nc2ccc(Cl)nc2)C(C)(C)O1. The Morgan fingerprint density at radius 3 is 2.53 bits per heavy atom. The first kappa shape index (κ1) is 12.7. The highest BCUT2D eigenvalue weighted by Crippen LogP contribution is 2.38. The number of aromatic nitrogens is 1. The molecule has 0 saturated carbocycles. The van der Waals surface area contributed by atoms with Crippen LogP contribution in [0.2, 0.25) is 5.15 Å². The number of rotatable bonds is 2. The van der Waals surface area contributed by atoms with E-state index in [4.69, 9.17) is 16.3 Å². The molecule has 1 saturated heterocycles. The lowest BCUT2D eigenvalue weighted by molar-refractivity contribution is -0.0662. The largest absolute Gasteiger partial charge is 0.378 e. The molecule has 1 fully saturated rings. The van der Waals surface area contributed by atoms with Crippen LogP contribution in [0.15, 0.2) is 18.3 Å². The summed E-state index contributed by atoms with van der Waals surface area (Å²) in [7, 11) is 0. The van der Waals surface area contributed by atoms with E-state index in [-0.39, 0.29) is 17.2 Å². The van der Waals surface area contributed by atoms with Crippen molar-refractivity contribution in [2.24, 2.45) is 0 Å². The fourth-order valence-electron chi connectivity index (χ4n) is 2.45. The van der Waals surface area contributed by atoms with Crippen LogP contribution in [-0.2, 0) is 4.74 Å². The lowest BCUT2D eigenvalue weighted by Crippen LogP contribution is -2.38. The summed E-state index contributed by atoms with van der Waals surface area (Å²) < 4.78 is 6.04. The lowest BCUT2D eigenvalue weighted by Gasteiger charge is -2.28. The highest BCUT2D eigenvalue weighted by Gasteiger charge is 2.45. The van der Waals surface area contributed by atoms with Gasteiger partial charge in [0, 0.05) is 0 Å². The first-order valence-electron chi connectivity index (χ1n) is 5.87. The molecule has 2 rings (SSSR count). The van der Waals surface area contributed by atoms with E-state index in [0.29, 0.717) is 5.15 Å². The molecule has 0 aliphatic carbocycles. The molecule has 0 spiro atoms. The Bertz CT molecular complexity index is 400. The highest BCUT2D eigenvalue weighted by atomic mass is 35.5. The molecule has 0 aromatic carbocycles. The standard InChI is InChI=1S/C13H19ClN2O/c1-12(2)7-10(13(3,4)17-12)16-9-5-6-11(14)15-8-9/h5-6,8,10,16H,7H2,1-4H3. The molecular weight excluding hydrogens is 236 g/mol. The summed E-state index contributed by atoms with van der Waals surface area (Å²) >= 11 is 5.77. The first-order valence-corrected chi connectivity index (χ1v) is 6.25. The monoisotopic (exact) mass is 254 g/mol. The maximum absolute atomic E-state index is 6.04. The van der Waals surface area contributed by atoms with Gasteiger partial charge in [-0.3, -0.25) is 0 Å². The van der Waals surface area contributed by atoms with Gasteiger partial charge in [0.2, 0.25) is 0 Å². The maximum atomic E-state index is 6.04. The van der Waals surface area contributed by atoms with Crippen LogP contribution in [0, 0.1) is 0 Å². The average molecular weight is 255 g/mol. The second kappa shape index (κ2) is 4.14. The van der Waals surface area contributed by atoms with E-state index in [9.17, 15) is 0 Å². The number of ether oxygens (including phenoxy) is 1. The molecule has 1 aromatic heterocycles. The van der Waals surface area contributed by atoms with Gasteiger partial charge in [-0.15, -0.1) is 0 Å². The normalized spacial score (nSPS) is 25.8. The number of nitrogens with zero attached hydrogens (tertiary/aromatic N) is 1. The predicted octanol–water partition coefficient (Wildman–Crippen LogP) is 3.49. The van der Waals surface area contributed by atoms with Gasteiger partial charge in [0.1, 0.15) is 5.15 Å². The Hall–Kier alpha value is -0.800. The number of hydrogen-bond donors (Lipinski definition) is 1. The van der Waals surface area contributed by atoms with Gasteiger partial charge in [0.05, 0.1) is 29.1 Å². The molecule has 0 bridgehead atoms. The minimum absolute atomic E-state index is 0.0823. The maximum Gasteiger partial charge on any atom is 0.129 e. The van der Waals surface area contributed by atoms with Crippen LogP contribution in [-0.4, -0.2) is 22.2 Å². The number of nitrogens with one attached hydrogen (secondary N) is 1. The molecule has 1 aliphatic heterocycles. The number of anilines is 1. The Labute approximate surface area is 108 Å². The second-order valence-electron chi connectivity index (χ2n) is 5.74. The van der Waals surface area contributed by atoms with E-state index in [1.54, 1.807) is 12.3 Å². The van der Waals surface area contributed by atoms with E-state index >= 15 is 0 Å². The van der Waals surface area contributed by atoms with Gasteiger partial charge < -0.3 is 10.1 Å². The van der Waals surface area contributed by atoms with Crippen molar-refractivity contribution < 1.29 is 4.74 Å². The average Bonchev–Trinajstić information content (AvgIpc) is 2.38. The number of pyridine rings is 1. The highest BCUT2D eigenvalue weighted by molar-refractivity contribution is 6.29. The van der Waals surface area contributed by atoms with Crippen molar-refractivity contribution in [3.05, 3.63) is 23.5 Å². The van der Waals surface area contributed by atoms with Crippen LogP contribution in [0.5, 0.6) is 0 Å². The zero-order valence-electron chi connectivity index (χ0n) is 10.7. The van der Waals surface area contributed by atoms with Gasteiger partial charge in [-0.1, -0.05) is 11.6 Å². The van der Waals surface area contributed by atoms with Crippen molar-refractivity contribution in [1.29, 1.82) is 0 Å². The van der Waals surface area contributed by atoms with Crippen LogP contribution in [0.1, 0.15) is 34.1 Å². The molecule has 1 unspecified atom stereocenters. The van der Waals surface area contributed by atoms with E-state index in [1.807, 2.05) is 6.07 Å². The van der Waals surface area contributed by atoms with Crippen molar-refractivity contribution in [3.63, 3.8) is 0 Å². The smallest absolute Gasteiger partial charge is 0.129 e. The second-order valence-corrected chi connectivity index (χ2v) is 6.12. The van der Waals surface area contributed by atoms with Gasteiger partial charge in [0.25, 0.3) is 0 Å². The fourth-order valence-corrected chi connectivity index (χ4v) is 2.56. The van der Waals surface area contributed by atoms with Crippen molar-refractivity contribution in [2.45, 2.75) is 51.4 Å². The van der Waals surface area contributed by atoms with Crippen LogP contribution in [0.4, 0.5) is 5.69 Å². The van der Waals surface area contributed by atoms with Crippen LogP contribution < -0.4 is 5.32 Å². The van der Waals surface area contributed by atoms with Gasteiger partial charge in [-0.05, 0) is 46.2 Å². The summed E-state index contributed by atoms with van der Waals surface area (Å²) in [5, 5.41) is 3.98. The summed E-state index contributed by atoms with van der Waals surface area (Å²) in [5.41, 5.74) is 0.721. The third-order valence-corrected chi connectivity index (χ3v) is 3.37. The molecule has 1 aromatic rings. The molecule has 94 valence electrons. The fraction of sp³-hybridized carbons (Fsp3) is 0.615. The first-order chi connectivity index (χ1) is 7.78. The Morgan fingerprint density at radius 2 is 2.06 bits per heavy atom. The lowest BCUT2D eigenvalue weighted by atomic mass is 9.94. The Kier molecular flexibility index (Phi) is 3.08. The minimum Gasteiger partial charge on any atom is -0.378 e. The zero-order chi connectivity index (χ0) is 12.7. The summed E-state index contributed by atoms with van der Waals surface area (Å²) in [4.78, 5) is 4.07. The van der Waals surface area contributed by atoms with Gasteiger partial charge >= 0.3 is 0 Å². The van der Waals surface area contributed by atoms with Crippen LogP contribution in [0.3, 0.4) is 0 Å². The number of halogens is 1. The molecule has 3 nitrogen and oxygen atoms in total. The molecular formula is C13H19ClN2O. The van der Waals surface area contributed by atoms with Crippen LogP contribution >= 0.6 is 11.6 Å². The number of hydrogen-bond acceptors (Lipinski definition) is 3. The zero-order valence-corrected chi connectivity index (χ0v) is 11.5. The molecule has 4 heteroatoms. The predicted molar refractivity (Wildman–Crippen MR) is 70.5 cm³/mol. The van der Waals surface area contributed by atoms with E-state index in [2.05, 4.69) is 38.0 Å². The van der Waals surface area contributed by atoms with Crippen molar-refractivity contribution in [1.82, 2.24) is 4.98 Å². The molecule has 1 aliphatic rings. The Balaban J connectivity index is 2.11. The summed E-state index contributed by atoms with van der Waals surface area (Å²) in [6.45, 7) is 8.47. The molecule has 2 heterocycles. The third kappa shape index (κ3) is 2.90. The summed E-state index contributed by atoms with van der Waals surface area (Å²) in [6.07, 6.45) is 2.73. The van der Waals surface area contributed by atoms with Crippen molar-refractivity contribution in [2.75, 3.05) is 5.32 Å². The Morgan fingerprint density at radius 1 is 1.35 bits per heavy atom. The van der Waals surface area contributed by atoms with Gasteiger partial charge in [0.15, 0.2) is 0 Å². The van der Waals surface area contributed by atoms with E-state index < -0.39 is 0 Å². The third-order valence-electron chi connectivity index (χ3n) is 3.14. The summed E-state index contributed by atoms with van der Waals surface area (Å²) in [6, 6.07) is 4.01. The van der Waals surface area contributed by atoms with E-state index in [0.717, 1.165) is 12.1 Å². The van der Waals surface area contributed by atoms with Crippen molar-refractivity contribution in [3.8, 4) is 0 Å². The van der Waals surface area contributed by atoms with Gasteiger partial charge in [-0.25, -0.2) is 4.98 Å². The molecule has 1 atom stereocenters. The van der Waals surface area contributed by atoms with Crippen molar-refractivity contribution >= 4 is 17.3 Å².